The molecule has 0 aliphatic heterocycles. The third kappa shape index (κ3) is 14.3. The van der Waals surface area contributed by atoms with E-state index < -0.39 is 42.6 Å². The maximum Gasteiger partial charge on any atom is 0.322 e. The van der Waals surface area contributed by atoms with Gasteiger partial charge in [-0.25, -0.2) is 0 Å². The number of carbonyl (C=O) groups is 3. The number of benzene rings is 1. The van der Waals surface area contributed by atoms with Crippen LogP contribution in [0.3, 0.4) is 0 Å². The number of aliphatic hydroxyl groups excluding tert-OH is 1. The molecular formula is C17H29N3O7. The Kier molecular flexibility index (Phi) is 14.5. The topological polar surface area (TPSA) is 210 Å². The number of carboxylic acid groups (broad SMARTS) is 3. The lowest BCUT2D eigenvalue weighted by Gasteiger charge is -2.07. The molecule has 10 heteroatoms. The summed E-state index contributed by atoms with van der Waals surface area (Å²) >= 11 is 0. The molecule has 1 aromatic rings. The van der Waals surface area contributed by atoms with Gasteiger partial charge < -0.3 is 37.6 Å². The van der Waals surface area contributed by atoms with E-state index in [2.05, 4.69) is 0 Å². The minimum absolute atomic E-state index is 0.0208. The highest BCUT2D eigenvalue weighted by atomic mass is 16.4. The highest BCUT2D eigenvalue weighted by Gasteiger charge is 2.14. The summed E-state index contributed by atoms with van der Waals surface area (Å²) in [5.41, 5.74) is 16.2. The first-order chi connectivity index (χ1) is 12.4. The van der Waals surface area contributed by atoms with Gasteiger partial charge in [0.1, 0.15) is 18.1 Å². The molecule has 0 aliphatic carbocycles. The van der Waals surface area contributed by atoms with E-state index in [0.717, 1.165) is 5.56 Å². The summed E-state index contributed by atoms with van der Waals surface area (Å²) in [6, 6.07) is 6.71. The minimum Gasteiger partial charge on any atom is -0.480 e. The first kappa shape index (κ1) is 26.7. The Morgan fingerprint density at radius 1 is 0.852 bits per heavy atom. The van der Waals surface area contributed by atoms with E-state index >= 15 is 0 Å². The van der Waals surface area contributed by atoms with Gasteiger partial charge >= 0.3 is 17.9 Å². The van der Waals surface area contributed by atoms with Crippen molar-refractivity contribution in [1.29, 1.82) is 0 Å². The Bertz CT molecular complexity index is 567. The predicted octanol–water partition coefficient (Wildman–Crippen LogP) is -0.914. The van der Waals surface area contributed by atoms with Gasteiger partial charge in [0.05, 0.1) is 6.61 Å². The number of aliphatic hydroxyl groups is 1. The lowest BCUT2D eigenvalue weighted by Crippen LogP contribution is -2.34. The van der Waals surface area contributed by atoms with Gasteiger partial charge in [0.25, 0.3) is 0 Å². The van der Waals surface area contributed by atoms with Crippen molar-refractivity contribution in [3.05, 3.63) is 35.9 Å². The maximum atomic E-state index is 10.4. The fourth-order valence-corrected chi connectivity index (χ4v) is 1.32. The fourth-order valence-electron chi connectivity index (χ4n) is 1.32. The van der Waals surface area contributed by atoms with Gasteiger partial charge in [-0.1, -0.05) is 44.2 Å². The smallest absolute Gasteiger partial charge is 0.322 e. The third-order valence-electron chi connectivity index (χ3n) is 3.13. The van der Waals surface area contributed by atoms with E-state index in [0.29, 0.717) is 6.42 Å². The van der Waals surface area contributed by atoms with E-state index in [1.165, 1.54) is 0 Å². The van der Waals surface area contributed by atoms with Crippen LogP contribution >= 0.6 is 0 Å². The molecule has 0 saturated carbocycles. The summed E-state index contributed by atoms with van der Waals surface area (Å²) < 4.78 is 0. The average molecular weight is 387 g/mol. The Labute approximate surface area is 157 Å². The van der Waals surface area contributed by atoms with Crippen LogP contribution in [-0.2, 0) is 20.8 Å². The number of hydrogen-bond acceptors (Lipinski definition) is 7. The summed E-state index contributed by atoms with van der Waals surface area (Å²) in [7, 11) is 0. The molecule has 0 aliphatic rings. The molecule has 1 aromatic carbocycles. The molecule has 154 valence electrons. The van der Waals surface area contributed by atoms with Crippen molar-refractivity contribution in [2.75, 3.05) is 6.61 Å². The lowest BCUT2D eigenvalue weighted by molar-refractivity contribution is -0.140. The summed E-state index contributed by atoms with van der Waals surface area (Å²) in [4.78, 5) is 30.0. The second kappa shape index (κ2) is 14.6. The molecule has 0 spiro atoms. The fraction of sp³-hybridized carbons (Fsp3) is 0.471. The standard InChI is InChI=1S/C9H11NO2.C5H11NO2.C3H7NO3/c10-8(9(11)12)6-7-4-2-1-3-5-7;1-3(2)4(6)5(7)8;4-2(1-5)3(6)7/h1-5,8H,6,10H2,(H,11,12);3-4H,6H2,1-2H3,(H,7,8);2,5H,1,4H2,(H,6,7)/t8-;4-;2-/m000/s1. The quantitative estimate of drug-likeness (QED) is 0.306. The largest absolute Gasteiger partial charge is 0.480 e. The Morgan fingerprint density at radius 2 is 1.30 bits per heavy atom. The molecule has 0 fully saturated rings. The zero-order chi connectivity index (χ0) is 21.6. The van der Waals surface area contributed by atoms with Crippen LogP contribution in [0, 0.1) is 5.92 Å². The number of rotatable bonds is 7. The first-order valence-electron chi connectivity index (χ1n) is 8.03. The van der Waals surface area contributed by atoms with Crippen LogP contribution in [0.25, 0.3) is 0 Å². The predicted molar refractivity (Wildman–Crippen MR) is 98.9 cm³/mol. The number of carboxylic acids is 3. The molecule has 27 heavy (non-hydrogen) atoms. The van der Waals surface area contributed by atoms with Crippen molar-refractivity contribution >= 4 is 17.9 Å². The summed E-state index contributed by atoms with van der Waals surface area (Å²) in [5, 5.41) is 32.6. The van der Waals surface area contributed by atoms with Crippen molar-refractivity contribution in [2.45, 2.75) is 38.4 Å². The molecule has 10 N–H and O–H groups in total. The van der Waals surface area contributed by atoms with Crippen LogP contribution in [0.2, 0.25) is 0 Å². The van der Waals surface area contributed by atoms with Crippen LogP contribution < -0.4 is 17.2 Å². The van der Waals surface area contributed by atoms with Crippen LogP contribution in [0.4, 0.5) is 0 Å². The van der Waals surface area contributed by atoms with Gasteiger partial charge in [0.15, 0.2) is 0 Å². The van der Waals surface area contributed by atoms with Gasteiger partial charge in [-0.2, -0.15) is 0 Å². The van der Waals surface area contributed by atoms with Crippen LogP contribution in [0.15, 0.2) is 30.3 Å². The molecule has 0 unspecified atom stereocenters. The van der Waals surface area contributed by atoms with E-state index in [1.54, 1.807) is 13.8 Å². The van der Waals surface area contributed by atoms with Gasteiger partial charge in [0.2, 0.25) is 0 Å². The van der Waals surface area contributed by atoms with Gasteiger partial charge in [-0.3, -0.25) is 14.4 Å². The zero-order valence-corrected chi connectivity index (χ0v) is 15.4. The number of aliphatic carboxylic acids is 3. The average Bonchev–Trinajstić information content (AvgIpc) is 2.61. The lowest BCUT2D eigenvalue weighted by atomic mass is 10.1. The molecule has 0 saturated heterocycles. The van der Waals surface area contributed by atoms with Gasteiger partial charge in [-0.15, -0.1) is 0 Å². The number of nitrogens with two attached hydrogens (primary N) is 3. The van der Waals surface area contributed by atoms with Crippen LogP contribution in [0.1, 0.15) is 19.4 Å². The second-order valence-corrected chi connectivity index (χ2v) is 5.87. The van der Waals surface area contributed by atoms with Crippen molar-refractivity contribution in [2.24, 2.45) is 23.1 Å². The molecular weight excluding hydrogens is 358 g/mol. The molecule has 0 radical (unpaired) electrons. The van der Waals surface area contributed by atoms with Crippen molar-refractivity contribution in [1.82, 2.24) is 0 Å². The van der Waals surface area contributed by atoms with E-state index in [9.17, 15) is 14.4 Å². The monoisotopic (exact) mass is 387 g/mol. The molecule has 0 amide bonds. The molecule has 0 bridgehead atoms. The molecule has 1 rings (SSSR count). The van der Waals surface area contributed by atoms with Gasteiger partial charge in [0, 0.05) is 0 Å². The Morgan fingerprint density at radius 3 is 1.52 bits per heavy atom. The van der Waals surface area contributed by atoms with E-state index in [4.69, 9.17) is 37.6 Å². The first-order valence-corrected chi connectivity index (χ1v) is 8.03. The van der Waals surface area contributed by atoms with Crippen molar-refractivity contribution in [3.8, 4) is 0 Å². The second-order valence-electron chi connectivity index (χ2n) is 5.87. The third-order valence-corrected chi connectivity index (χ3v) is 3.13. The highest BCUT2D eigenvalue weighted by Crippen LogP contribution is 2.01. The summed E-state index contributed by atoms with van der Waals surface area (Å²) in [5.74, 6) is -3.05. The minimum atomic E-state index is -1.18. The molecule has 0 heterocycles. The SMILES string of the molecule is CC(C)[C@H](N)C(=O)O.N[C@@H](CO)C(=O)O.N[C@@H](Cc1ccccc1)C(=O)O. The molecule has 10 nitrogen and oxygen atoms in total. The van der Waals surface area contributed by atoms with Crippen LogP contribution in [0.5, 0.6) is 0 Å². The van der Waals surface area contributed by atoms with Crippen LogP contribution in [-0.4, -0.2) is 63.1 Å². The maximum absolute atomic E-state index is 10.4. The number of hydrogen-bond donors (Lipinski definition) is 7. The molecule has 3 atom stereocenters. The Balaban J connectivity index is 0. The highest BCUT2D eigenvalue weighted by molar-refractivity contribution is 5.74. The zero-order valence-electron chi connectivity index (χ0n) is 15.4. The molecule has 0 aromatic heterocycles. The van der Waals surface area contributed by atoms with E-state index in [1.807, 2.05) is 30.3 Å². The van der Waals surface area contributed by atoms with E-state index in [-0.39, 0.29) is 5.92 Å². The normalized spacial score (nSPS) is 13.1. The Hall–Kier alpha value is -2.53. The summed E-state index contributed by atoms with van der Waals surface area (Å²) in [6.45, 7) is 3.05. The van der Waals surface area contributed by atoms with Crippen molar-refractivity contribution in [3.63, 3.8) is 0 Å². The summed E-state index contributed by atoms with van der Waals surface area (Å²) in [6.07, 6.45) is 0.385. The van der Waals surface area contributed by atoms with Gasteiger partial charge in [-0.05, 0) is 17.9 Å². The van der Waals surface area contributed by atoms with Crippen molar-refractivity contribution < 1.29 is 34.8 Å².